The highest BCUT2D eigenvalue weighted by Gasteiger charge is 2.19. The Kier molecular flexibility index (Phi) is 51.0. The zero-order chi connectivity index (χ0) is 46.7. The molecule has 2 unspecified atom stereocenters. The first-order valence-electron chi connectivity index (χ1n) is 28.9. The minimum Gasteiger partial charge on any atom is -0.480 e. The molecule has 0 aliphatic heterocycles. The van der Waals surface area contributed by atoms with E-state index < -0.39 is 12.0 Å². The third-order valence-electron chi connectivity index (χ3n) is 13.7. The van der Waals surface area contributed by atoms with Gasteiger partial charge in [-0.15, -0.1) is 0 Å². The molecule has 0 aliphatic rings. The second-order valence-corrected chi connectivity index (χ2v) is 20.1. The summed E-state index contributed by atoms with van der Waals surface area (Å²) in [6, 6.07) is -0.853. The van der Waals surface area contributed by atoms with Crippen molar-refractivity contribution in [2.24, 2.45) is 5.73 Å². The summed E-state index contributed by atoms with van der Waals surface area (Å²) >= 11 is 0. The van der Waals surface area contributed by atoms with Crippen molar-refractivity contribution in [3.63, 3.8) is 0 Å². The van der Waals surface area contributed by atoms with Crippen molar-refractivity contribution in [2.45, 2.75) is 341 Å². The van der Waals surface area contributed by atoms with Gasteiger partial charge >= 0.3 is 11.9 Å². The molecule has 0 heterocycles. The Balaban J connectivity index is 4.14. The number of carboxylic acid groups (broad SMARTS) is 1. The molecule has 0 aromatic carbocycles. The van der Waals surface area contributed by atoms with E-state index in [1.54, 1.807) is 0 Å². The Hall–Kier alpha value is -1.63. The van der Waals surface area contributed by atoms with Gasteiger partial charge in [0.05, 0.1) is 0 Å². The van der Waals surface area contributed by atoms with E-state index in [0.717, 1.165) is 64.2 Å². The molecular formula is C57H112N2O5. The highest BCUT2D eigenvalue weighted by atomic mass is 16.5. The lowest BCUT2D eigenvalue weighted by Gasteiger charge is -2.18. The average molecular weight is 906 g/mol. The summed E-state index contributed by atoms with van der Waals surface area (Å²) in [7, 11) is 0. The zero-order valence-electron chi connectivity index (χ0n) is 43.2. The van der Waals surface area contributed by atoms with Gasteiger partial charge < -0.3 is 20.9 Å². The van der Waals surface area contributed by atoms with Crippen LogP contribution in [0.1, 0.15) is 328 Å². The molecule has 0 spiro atoms. The van der Waals surface area contributed by atoms with E-state index >= 15 is 0 Å². The van der Waals surface area contributed by atoms with Crippen LogP contribution in [-0.4, -0.2) is 41.6 Å². The van der Waals surface area contributed by atoms with Gasteiger partial charge in [-0.3, -0.25) is 9.59 Å². The third kappa shape index (κ3) is 48.3. The molecule has 0 aromatic rings. The molecule has 380 valence electrons. The highest BCUT2D eigenvalue weighted by molar-refractivity contribution is 5.83. The maximum absolute atomic E-state index is 12.9. The molecular weight excluding hydrogens is 793 g/mol. The van der Waals surface area contributed by atoms with Crippen LogP contribution in [0.3, 0.4) is 0 Å². The topological polar surface area (TPSA) is 119 Å². The molecule has 1 amide bonds. The van der Waals surface area contributed by atoms with E-state index in [2.05, 4.69) is 19.2 Å². The van der Waals surface area contributed by atoms with E-state index in [4.69, 9.17) is 10.5 Å². The summed E-state index contributed by atoms with van der Waals surface area (Å²) in [5.41, 5.74) is 5.51. The maximum atomic E-state index is 12.9. The highest BCUT2D eigenvalue weighted by Crippen LogP contribution is 2.20. The van der Waals surface area contributed by atoms with Crippen LogP contribution in [0.5, 0.6) is 0 Å². The van der Waals surface area contributed by atoms with Gasteiger partial charge in [0.25, 0.3) is 0 Å². The molecule has 64 heavy (non-hydrogen) atoms. The number of nitrogens with two attached hydrogens (primary N) is 1. The fraction of sp³-hybridized carbons (Fsp3) is 0.947. The minimum absolute atomic E-state index is 0.00778. The van der Waals surface area contributed by atoms with E-state index in [1.165, 1.54) is 225 Å². The van der Waals surface area contributed by atoms with Gasteiger partial charge in [0.15, 0.2) is 0 Å². The first-order valence-corrected chi connectivity index (χ1v) is 28.9. The molecule has 0 bridgehead atoms. The second kappa shape index (κ2) is 52.3. The first kappa shape index (κ1) is 62.4. The molecule has 4 N–H and O–H groups in total. The van der Waals surface area contributed by atoms with Gasteiger partial charge in [-0.05, 0) is 57.9 Å². The first-order chi connectivity index (χ1) is 31.4. The number of aliphatic carboxylic acids is 1. The molecule has 7 heteroatoms. The molecule has 2 atom stereocenters. The maximum Gasteiger partial charge on any atom is 0.326 e. The number of carbonyl (C=O) groups excluding carboxylic acids is 2. The van der Waals surface area contributed by atoms with Crippen molar-refractivity contribution in [1.29, 1.82) is 0 Å². The lowest BCUT2D eigenvalue weighted by molar-refractivity contribution is -0.150. The monoisotopic (exact) mass is 905 g/mol. The van der Waals surface area contributed by atoms with Gasteiger partial charge in [-0.25, -0.2) is 4.79 Å². The number of esters is 1. The largest absolute Gasteiger partial charge is 0.480 e. The SMILES string of the molecule is CCCCCCCCCCCCCCCCCCCCCCCCCC(=O)OC(CCCCCCCCCCCCCCCCC)CCCCCCCC(=O)NC(CCCN)C(=O)O. The number of carbonyl (C=O) groups is 3. The van der Waals surface area contributed by atoms with Crippen LogP contribution < -0.4 is 11.1 Å². The number of carboxylic acids is 1. The Morgan fingerprint density at radius 1 is 0.391 bits per heavy atom. The Bertz CT molecular complexity index is 976. The number of amides is 1. The van der Waals surface area contributed by atoms with Crippen LogP contribution in [0.15, 0.2) is 0 Å². The molecule has 0 aliphatic carbocycles. The van der Waals surface area contributed by atoms with Gasteiger partial charge in [0.1, 0.15) is 12.1 Å². The number of hydrogen-bond donors (Lipinski definition) is 3. The molecule has 0 rings (SSSR count). The van der Waals surface area contributed by atoms with Crippen LogP contribution >= 0.6 is 0 Å². The molecule has 0 aromatic heterocycles. The van der Waals surface area contributed by atoms with Crippen molar-refractivity contribution in [2.75, 3.05) is 6.54 Å². The summed E-state index contributed by atoms with van der Waals surface area (Å²) in [4.78, 5) is 36.7. The normalized spacial score (nSPS) is 12.4. The third-order valence-corrected chi connectivity index (χ3v) is 13.7. The summed E-state index contributed by atoms with van der Waals surface area (Å²) in [6.45, 7) is 5.00. The zero-order valence-corrected chi connectivity index (χ0v) is 43.2. The number of hydrogen-bond acceptors (Lipinski definition) is 5. The molecule has 0 fully saturated rings. The summed E-state index contributed by atoms with van der Waals surface area (Å²) < 4.78 is 6.11. The number of rotatable bonds is 54. The lowest BCUT2D eigenvalue weighted by Crippen LogP contribution is -2.40. The molecule has 0 saturated carbocycles. The Labute approximate surface area is 398 Å². The quantitative estimate of drug-likeness (QED) is 0.0413. The van der Waals surface area contributed by atoms with Crippen molar-refractivity contribution >= 4 is 17.8 Å². The van der Waals surface area contributed by atoms with Crippen molar-refractivity contribution in [3.05, 3.63) is 0 Å². The van der Waals surface area contributed by atoms with Crippen molar-refractivity contribution < 1.29 is 24.2 Å². The summed E-state index contributed by atoms with van der Waals surface area (Å²) in [5, 5.41) is 12.0. The molecule has 7 nitrogen and oxygen atoms in total. The van der Waals surface area contributed by atoms with Crippen LogP contribution in [0, 0.1) is 0 Å². The number of nitrogens with one attached hydrogen (secondary N) is 1. The Morgan fingerprint density at radius 2 is 0.672 bits per heavy atom. The lowest BCUT2D eigenvalue weighted by atomic mass is 10.0. The Morgan fingerprint density at radius 3 is 0.969 bits per heavy atom. The number of ether oxygens (including phenoxy) is 1. The second-order valence-electron chi connectivity index (χ2n) is 20.1. The molecule has 0 radical (unpaired) electrons. The van der Waals surface area contributed by atoms with E-state index in [-0.39, 0.29) is 18.0 Å². The van der Waals surface area contributed by atoms with Crippen molar-refractivity contribution in [1.82, 2.24) is 5.32 Å². The van der Waals surface area contributed by atoms with Crippen LogP contribution in [0.2, 0.25) is 0 Å². The predicted octanol–water partition coefficient (Wildman–Crippen LogP) is 17.6. The van der Waals surface area contributed by atoms with E-state index in [0.29, 0.717) is 32.2 Å². The van der Waals surface area contributed by atoms with Gasteiger partial charge in [-0.1, -0.05) is 264 Å². The summed E-state index contributed by atoms with van der Waals surface area (Å²) in [6.07, 6.45) is 60.4. The number of unbranched alkanes of at least 4 members (excludes halogenated alkanes) is 40. The van der Waals surface area contributed by atoms with Gasteiger partial charge in [-0.2, -0.15) is 0 Å². The smallest absolute Gasteiger partial charge is 0.326 e. The van der Waals surface area contributed by atoms with Crippen LogP contribution in [-0.2, 0) is 19.1 Å². The standard InChI is InChI=1S/C57H112N2O5/c1-3-5-7-9-11-13-15-17-19-20-21-22-23-24-25-26-28-30-32-34-36-41-45-51-56(61)64-53(47-42-38-35-33-31-29-27-18-16-14-12-10-8-6-4-2)48-43-39-37-40-44-50-55(60)59-54(57(62)63)49-46-52-58/h53-54H,3-52,58H2,1-2H3,(H,59,60)(H,62,63). The van der Waals surface area contributed by atoms with Crippen LogP contribution in [0.4, 0.5) is 0 Å². The minimum atomic E-state index is -0.998. The fourth-order valence-corrected chi connectivity index (χ4v) is 9.34. The van der Waals surface area contributed by atoms with Crippen molar-refractivity contribution in [3.8, 4) is 0 Å². The van der Waals surface area contributed by atoms with Gasteiger partial charge in [0, 0.05) is 12.8 Å². The van der Waals surface area contributed by atoms with E-state index in [9.17, 15) is 19.5 Å². The average Bonchev–Trinajstić information content (AvgIpc) is 3.28. The summed E-state index contributed by atoms with van der Waals surface area (Å²) in [5.74, 6) is -1.20. The van der Waals surface area contributed by atoms with Gasteiger partial charge in [0.2, 0.25) is 5.91 Å². The van der Waals surface area contributed by atoms with Crippen LogP contribution in [0.25, 0.3) is 0 Å². The predicted molar refractivity (Wildman–Crippen MR) is 276 cm³/mol. The van der Waals surface area contributed by atoms with E-state index in [1.807, 2.05) is 0 Å². The molecule has 0 saturated heterocycles. The fourth-order valence-electron chi connectivity index (χ4n) is 9.34.